The monoisotopic (exact) mass is 499 g/mol. The molecular weight excluding hydrogens is 500 g/mol. The Bertz CT molecular complexity index is 8.00. The van der Waals surface area contributed by atoms with E-state index in [4.69, 9.17) is 0 Å². The van der Waals surface area contributed by atoms with E-state index in [0.29, 0.717) is 0 Å². The fraction of sp³-hybridized carbons (Fsp3) is 0. The van der Waals surface area contributed by atoms with Crippen molar-refractivity contribution < 1.29 is 39.4 Å². The summed E-state index contributed by atoms with van der Waals surface area (Å²) >= 11 is 0. The zero-order valence-corrected chi connectivity index (χ0v) is 10.4. The molecule has 0 fully saturated rings. The molecule has 9 radical (unpaired) electrons. The summed E-state index contributed by atoms with van der Waals surface area (Å²) < 4.78 is 0. The first-order chi connectivity index (χ1) is 0. The summed E-state index contributed by atoms with van der Waals surface area (Å²) in [6.45, 7) is 0. The summed E-state index contributed by atoms with van der Waals surface area (Å²) in [7, 11) is 0. The van der Waals surface area contributed by atoms with Crippen LogP contribution in [0.3, 0.4) is 0 Å². The van der Waals surface area contributed by atoms with E-state index < -0.39 is 0 Å². The van der Waals surface area contributed by atoms with Crippen LogP contribution in [0, 0.1) is 0 Å². The third-order valence-electron chi connectivity index (χ3n) is 0. The molecule has 0 heterocycles. The zero-order chi connectivity index (χ0) is 0. The Morgan fingerprint density at radius 1 is 1.00 bits per heavy atom. The normalized spacial score (nSPS) is 0. The van der Waals surface area contributed by atoms with Crippen LogP contribution < -0.4 is 0 Å². The van der Waals surface area contributed by atoms with Gasteiger partial charge in [0.25, 0.3) is 0 Å². The van der Waals surface area contributed by atoms with Crippen LogP contribution in [-0.4, -0.2) is 51.7 Å². The summed E-state index contributed by atoms with van der Waals surface area (Å²) in [6, 6.07) is 0. The van der Waals surface area contributed by atoms with E-state index in [1.54, 1.807) is 0 Å². The van der Waals surface area contributed by atoms with Crippen molar-refractivity contribution in [3.8, 4) is 0 Å². The van der Waals surface area contributed by atoms with E-state index in [-0.39, 0.29) is 91.2 Å². The van der Waals surface area contributed by atoms with Crippen LogP contribution in [0.25, 0.3) is 0 Å². The molecule has 0 N–H and O–H groups in total. The predicted molar refractivity (Wildman–Crippen MR) is 11.5 cm³/mol. The van der Waals surface area contributed by atoms with Gasteiger partial charge in [0.15, 0.2) is 0 Å². The molecule has 0 saturated carbocycles. The summed E-state index contributed by atoms with van der Waals surface area (Å²) in [5.74, 6) is 0. The summed E-state index contributed by atoms with van der Waals surface area (Å²) in [4.78, 5) is 0. The average Bonchev–Trinajstić information content (AvgIpc) is 0. The summed E-state index contributed by atoms with van der Waals surface area (Å²) in [6.07, 6.45) is 0. The molecule has 0 amide bonds. The molecule has 0 aromatic carbocycles. The third-order valence-corrected chi connectivity index (χ3v) is 0. The Labute approximate surface area is 89.5 Å². The molecule has 0 aliphatic carbocycles. The molecule has 0 spiro atoms. The van der Waals surface area contributed by atoms with Gasteiger partial charge in [0, 0.05) is 91.2 Å². The second kappa shape index (κ2) is 16.7. The van der Waals surface area contributed by atoms with Gasteiger partial charge in [-0.1, -0.05) is 0 Å². The molecule has 4 heavy (non-hydrogen) atoms. The van der Waals surface area contributed by atoms with Crippen LogP contribution in [0.2, 0.25) is 0 Å². The minimum Gasteiger partial charge on any atom is 0 e. The van der Waals surface area contributed by atoms with Gasteiger partial charge in [0.1, 0.15) is 0 Å². The first-order valence-electron chi connectivity index (χ1n) is 0. The minimum atomic E-state index is 0. The van der Waals surface area contributed by atoms with E-state index in [1.807, 2.05) is 0 Å². The number of hydrogen-bond acceptors (Lipinski definition) is 0. The van der Waals surface area contributed by atoms with Crippen LogP contribution in [-0.2, 0) is 39.4 Å². The van der Waals surface area contributed by atoms with Gasteiger partial charge in [0.05, 0.1) is 0 Å². The van der Waals surface area contributed by atoms with Crippen molar-refractivity contribution in [1.29, 1.82) is 0 Å². The van der Waals surface area contributed by atoms with Gasteiger partial charge >= 0.3 is 0 Å². The molecule has 0 aromatic heterocycles. The zero-order valence-electron chi connectivity index (χ0n) is 1.55. The SMILES string of the molecule is [Ag].[Cu].[Pb].[Sb]. The Balaban J connectivity index is 0. The third kappa shape index (κ3) is 8.89. The molecule has 0 bridgehead atoms. The van der Waals surface area contributed by atoms with Gasteiger partial charge in [-0.3, -0.25) is 0 Å². The van der Waals surface area contributed by atoms with Gasteiger partial charge in [0.2, 0.25) is 0 Å². The molecule has 0 saturated heterocycles. The predicted octanol–water partition coefficient (Wildman–Crippen LogP) is -0.767. The molecular formula is AgCuPbSb. The first kappa shape index (κ1) is 28.0. The number of hydrogen-bond donors (Lipinski definition) is 0. The van der Waals surface area contributed by atoms with Gasteiger partial charge < -0.3 is 0 Å². The Morgan fingerprint density at radius 3 is 1.00 bits per heavy atom. The van der Waals surface area contributed by atoms with Crippen LogP contribution in [0.4, 0.5) is 0 Å². The van der Waals surface area contributed by atoms with Gasteiger partial charge in [-0.05, 0) is 0 Å². The van der Waals surface area contributed by atoms with Crippen molar-refractivity contribution in [2.75, 3.05) is 0 Å². The van der Waals surface area contributed by atoms with Gasteiger partial charge in [-0.2, -0.15) is 0 Å². The van der Waals surface area contributed by atoms with Gasteiger partial charge in [-0.15, -0.1) is 0 Å². The standard InChI is InChI=1S/Ag.Cu.Pb.Sb. The van der Waals surface area contributed by atoms with E-state index in [1.165, 1.54) is 0 Å². The maximum absolute atomic E-state index is 0. The van der Waals surface area contributed by atoms with Crippen molar-refractivity contribution >= 4 is 51.7 Å². The fourth-order valence-corrected chi connectivity index (χ4v) is 0. The number of rotatable bonds is 0. The van der Waals surface area contributed by atoms with Crippen molar-refractivity contribution in [2.45, 2.75) is 0 Å². The molecule has 0 aliphatic heterocycles. The quantitative estimate of drug-likeness (QED) is 0.384. The maximum Gasteiger partial charge on any atom is 0 e. The molecule has 0 rings (SSSR count). The first-order valence-corrected chi connectivity index (χ1v) is 0. The van der Waals surface area contributed by atoms with E-state index in [2.05, 4.69) is 0 Å². The van der Waals surface area contributed by atoms with Crippen LogP contribution in [0.5, 0.6) is 0 Å². The van der Waals surface area contributed by atoms with Crippen molar-refractivity contribution in [2.24, 2.45) is 0 Å². The molecule has 0 aromatic rings. The topological polar surface area (TPSA) is 0 Å². The molecule has 0 unspecified atom stereocenters. The van der Waals surface area contributed by atoms with Crippen molar-refractivity contribution in [3.05, 3.63) is 0 Å². The molecule has 4 heteroatoms. The molecule has 0 atom stereocenters. The molecule has 31 valence electrons. The average molecular weight is 500 g/mol. The molecule has 0 nitrogen and oxygen atoms in total. The Morgan fingerprint density at radius 2 is 1.00 bits per heavy atom. The van der Waals surface area contributed by atoms with E-state index >= 15 is 0 Å². The maximum atomic E-state index is 0. The van der Waals surface area contributed by atoms with E-state index in [9.17, 15) is 0 Å². The largest absolute Gasteiger partial charge is 0 e. The fourth-order valence-electron chi connectivity index (χ4n) is 0. The Hall–Kier alpha value is 3.00. The van der Waals surface area contributed by atoms with Crippen LogP contribution in [0.15, 0.2) is 0 Å². The van der Waals surface area contributed by atoms with Crippen molar-refractivity contribution in [1.82, 2.24) is 0 Å². The summed E-state index contributed by atoms with van der Waals surface area (Å²) in [5, 5.41) is 0. The van der Waals surface area contributed by atoms with Crippen molar-refractivity contribution in [3.63, 3.8) is 0 Å². The summed E-state index contributed by atoms with van der Waals surface area (Å²) in [5.41, 5.74) is 0. The second-order valence-electron chi connectivity index (χ2n) is 0. The van der Waals surface area contributed by atoms with E-state index in [0.717, 1.165) is 0 Å². The molecule has 0 aliphatic rings. The van der Waals surface area contributed by atoms with Crippen LogP contribution >= 0.6 is 0 Å². The second-order valence-corrected chi connectivity index (χ2v) is 0. The van der Waals surface area contributed by atoms with Crippen LogP contribution in [0.1, 0.15) is 0 Å². The van der Waals surface area contributed by atoms with Gasteiger partial charge in [-0.25, -0.2) is 0 Å². The Kier molecular flexibility index (Phi) is 117. The smallest absolute Gasteiger partial charge is 0 e. The minimum absolute atomic E-state index is 0.